The predicted molar refractivity (Wildman–Crippen MR) is 66.0 cm³/mol. The Bertz CT molecular complexity index is 433. The number of urea groups is 1. The second kappa shape index (κ2) is 4.22. The molecule has 16 heavy (non-hydrogen) atoms. The predicted octanol–water partition coefficient (Wildman–Crippen LogP) is 2.15. The first-order valence-corrected chi connectivity index (χ1v) is 5.58. The van der Waals surface area contributed by atoms with Crippen molar-refractivity contribution in [3.05, 3.63) is 22.7 Å². The number of carbonyl (C=O) groups excluding carboxylic acids is 1. The van der Waals surface area contributed by atoms with Crippen molar-refractivity contribution in [3.63, 3.8) is 0 Å². The van der Waals surface area contributed by atoms with E-state index in [1.807, 2.05) is 6.92 Å². The number of aryl methyl sites for hydroxylation is 1. The number of amides is 2. The molecule has 3 N–H and O–H groups in total. The number of rotatable bonds is 1. The fourth-order valence-corrected chi connectivity index (χ4v) is 2.00. The van der Waals surface area contributed by atoms with Crippen molar-refractivity contribution in [1.29, 1.82) is 0 Å². The molecule has 0 atom stereocenters. The van der Waals surface area contributed by atoms with Gasteiger partial charge in [0.1, 0.15) is 0 Å². The highest BCUT2D eigenvalue weighted by molar-refractivity contribution is 6.33. The van der Waals surface area contributed by atoms with Crippen LogP contribution in [-0.4, -0.2) is 19.1 Å². The maximum Gasteiger partial charge on any atom is 0.321 e. The topological polar surface area (TPSA) is 58.4 Å². The summed E-state index contributed by atoms with van der Waals surface area (Å²) >= 11 is 5.97. The third-order valence-corrected chi connectivity index (χ3v) is 3.01. The van der Waals surface area contributed by atoms with E-state index in [1.165, 1.54) is 0 Å². The summed E-state index contributed by atoms with van der Waals surface area (Å²) in [5.74, 6) is 0. The van der Waals surface area contributed by atoms with Crippen LogP contribution in [0, 0.1) is 6.92 Å². The summed E-state index contributed by atoms with van der Waals surface area (Å²) < 4.78 is 0. The number of nitrogens with one attached hydrogen (secondary N) is 1. The minimum Gasteiger partial charge on any atom is -0.398 e. The summed E-state index contributed by atoms with van der Waals surface area (Å²) in [5.41, 5.74) is 8.03. The molecule has 4 nitrogen and oxygen atoms in total. The van der Waals surface area contributed by atoms with E-state index >= 15 is 0 Å². The number of anilines is 2. The van der Waals surface area contributed by atoms with Gasteiger partial charge in [0, 0.05) is 18.8 Å². The molecule has 1 fully saturated rings. The van der Waals surface area contributed by atoms with E-state index < -0.39 is 0 Å². The molecule has 1 heterocycles. The molecular weight excluding hydrogens is 226 g/mol. The van der Waals surface area contributed by atoms with Gasteiger partial charge in [-0.1, -0.05) is 11.6 Å². The number of nitrogens with zero attached hydrogens (tertiary/aromatic N) is 1. The SMILES string of the molecule is Cc1cc(N)c(Cl)cc1N1CCCNC1=O. The summed E-state index contributed by atoms with van der Waals surface area (Å²) in [6.07, 6.45) is 0.938. The van der Waals surface area contributed by atoms with Crippen LogP contribution >= 0.6 is 11.6 Å². The van der Waals surface area contributed by atoms with Crippen LogP contribution in [0.15, 0.2) is 12.1 Å². The van der Waals surface area contributed by atoms with Gasteiger partial charge < -0.3 is 11.1 Å². The summed E-state index contributed by atoms with van der Waals surface area (Å²) in [6.45, 7) is 3.37. The van der Waals surface area contributed by atoms with Crippen molar-refractivity contribution >= 4 is 29.0 Å². The molecule has 2 rings (SSSR count). The van der Waals surface area contributed by atoms with Gasteiger partial charge >= 0.3 is 6.03 Å². The number of benzene rings is 1. The lowest BCUT2D eigenvalue weighted by molar-refractivity contribution is 0.243. The minimum absolute atomic E-state index is 0.0739. The lowest BCUT2D eigenvalue weighted by Gasteiger charge is -2.29. The first-order chi connectivity index (χ1) is 7.59. The molecule has 0 aromatic heterocycles. The van der Waals surface area contributed by atoms with E-state index in [2.05, 4.69) is 5.32 Å². The molecule has 1 saturated heterocycles. The normalized spacial score (nSPS) is 16.1. The van der Waals surface area contributed by atoms with Crippen LogP contribution < -0.4 is 16.0 Å². The van der Waals surface area contributed by atoms with Crippen LogP contribution in [0.3, 0.4) is 0 Å². The molecule has 0 unspecified atom stereocenters. The van der Waals surface area contributed by atoms with E-state index in [0.29, 0.717) is 17.3 Å². The van der Waals surface area contributed by atoms with E-state index in [0.717, 1.165) is 24.2 Å². The summed E-state index contributed by atoms with van der Waals surface area (Å²) in [5, 5.41) is 3.29. The molecule has 1 aromatic carbocycles. The van der Waals surface area contributed by atoms with Crippen LogP contribution in [0.5, 0.6) is 0 Å². The zero-order valence-electron chi connectivity index (χ0n) is 9.09. The molecule has 1 aromatic rings. The monoisotopic (exact) mass is 239 g/mol. The molecule has 0 saturated carbocycles. The van der Waals surface area contributed by atoms with Crippen molar-refractivity contribution in [1.82, 2.24) is 5.32 Å². The van der Waals surface area contributed by atoms with Crippen molar-refractivity contribution in [2.45, 2.75) is 13.3 Å². The van der Waals surface area contributed by atoms with Gasteiger partial charge in [-0.2, -0.15) is 0 Å². The van der Waals surface area contributed by atoms with Gasteiger partial charge in [0.15, 0.2) is 0 Å². The number of hydrogen-bond donors (Lipinski definition) is 2. The zero-order valence-corrected chi connectivity index (χ0v) is 9.84. The van der Waals surface area contributed by atoms with E-state index in [1.54, 1.807) is 17.0 Å². The van der Waals surface area contributed by atoms with Crippen LogP contribution in [0.25, 0.3) is 0 Å². The Morgan fingerprint density at radius 2 is 2.25 bits per heavy atom. The Morgan fingerprint density at radius 3 is 2.94 bits per heavy atom. The Balaban J connectivity index is 2.39. The van der Waals surface area contributed by atoms with Gasteiger partial charge in [-0.15, -0.1) is 0 Å². The first kappa shape index (κ1) is 11.1. The van der Waals surface area contributed by atoms with Crippen molar-refractivity contribution < 1.29 is 4.79 Å². The molecule has 1 aliphatic rings. The fourth-order valence-electron chi connectivity index (χ4n) is 1.84. The number of nitrogen functional groups attached to an aromatic ring is 1. The van der Waals surface area contributed by atoms with Crippen LogP contribution in [0.1, 0.15) is 12.0 Å². The Hall–Kier alpha value is -1.42. The quantitative estimate of drug-likeness (QED) is 0.738. The molecule has 0 aliphatic carbocycles. The third kappa shape index (κ3) is 1.93. The van der Waals surface area contributed by atoms with E-state index in [4.69, 9.17) is 17.3 Å². The molecule has 86 valence electrons. The summed E-state index contributed by atoms with van der Waals surface area (Å²) in [7, 11) is 0. The molecule has 0 spiro atoms. The van der Waals surface area contributed by atoms with Crippen LogP contribution in [0.4, 0.5) is 16.2 Å². The average molecular weight is 240 g/mol. The zero-order chi connectivity index (χ0) is 11.7. The molecule has 0 radical (unpaired) electrons. The van der Waals surface area contributed by atoms with Crippen LogP contribution in [-0.2, 0) is 0 Å². The fraction of sp³-hybridized carbons (Fsp3) is 0.364. The highest BCUT2D eigenvalue weighted by atomic mass is 35.5. The number of carbonyl (C=O) groups is 1. The minimum atomic E-state index is -0.0739. The average Bonchev–Trinajstić information content (AvgIpc) is 2.25. The number of nitrogens with two attached hydrogens (primary N) is 1. The number of halogens is 1. The Kier molecular flexibility index (Phi) is 2.92. The van der Waals surface area contributed by atoms with Crippen molar-refractivity contribution in [2.24, 2.45) is 0 Å². The van der Waals surface area contributed by atoms with Crippen LogP contribution in [0.2, 0.25) is 5.02 Å². The van der Waals surface area contributed by atoms with E-state index in [9.17, 15) is 4.79 Å². The van der Waals surface area contributed by atoms with Gasteiger partial charge in [0.25, 0.3) is 0 Å². The molecular formula is C11H14ClN3O. The standard InChI is InChI=1S/C11H14ClN3O/c1-7-5-9(13)8(12)6-10(7)15-4-2-3-14-11(15)16/h5-6H,2-4,13H2,1H3,(H,14,16). The largest absolute Gasteiger partial charge is 0.398 e. The second-order valence-electron chi connectivity index (χ2n) is 3.90. The second-order valence-corrected chi connectivity index (χ2v) is 4.30. The lowest BCUT2D eigenvalue weighted by Crippen LogP contribution is -2.46. The van der Waals surface area contributed by atoms with Gasteiger partial charge in [0.05, 0.1) is 10.7 Å². The molecule has 2 amide bonds. The highest BCUT2D eigenvalue weighted by Gasteiger charge is 2.21. The number of hydrogen-bond acceptors (Lipinski definition) is 2. The van der Waals surface area contributed by atoms with Gasteiger partial charge in [-0.05, 0) is 31.0 Å². The molecule has 0 bridgehead atoms. The molecule has 1 aliphatic heterocycles. The third-order valence-electron chi connectivity index (χ3n) is 2.69. The Morgan fingerprint density at radius 1 is 1.50 bits per heavy atom. The van der Waals surface area contributed by atoms with Gasteiger partial charge in [0.2, 0.25) is 0 Å². The Labute approximate surface area is 99.4 Å². The van der Waals surface area contributed by atoms with Crippen molar-refractivity contribution in [2.75, 3.05) is 23.7 Å². The lowest BCUT2D eigenvalue weighted by atomic mass is 10.1. The maximum absolute atomic E-state index is 11.7. The van der Waals surface area contributed by atoms with Crippen molar-refractivity contribution in [3.8, 4) is 0 Å². The van der Waals surface area contributed by atoms with Gasteiger partial charge in [-0.3, -0.25) is 4.90 Å². The first-order valence-electron chi connectivity index (χ1n) is 5.20. The van der Waals surface area contributed by atoms with E-state index in [-0.39, 0.29) is 6.03 Å². The maximum atomic E-state index is 11.7. The highest BCUT2D eigenvalue weighted by Crippen LogP contribution is 2.30. The smallest absolute Gasteiger partial charge is 0.321 e. The molecule has 5 heteroatoms. The van der Waals surface area contributed by atoms with Gasteiger partial charge in [-0.25, -0.2) is 4.79 Å². The summed E-state index contributed by atoms with van der Waals surface area (Å²) in [6, 6.07) is 3.46. The summed E-state index contributed by atoms with van der Waals surface area (Å²) in [4.78, 5) is 13.4.